The van der Waals surface area contributed by atoms with Gasteiger partial charge in [0, 0.05) is 6.42 Å². The van der Waals surface area contributed by atoms with Crippen LogP contribution in [0.4, 0.5) is 0 Å². The summed E-state index contributed by atoms with van der Waals surface area (Å²) >= 11 is -1.56. The molecule has 1 N–H and O–H groups in total. The topological polar surface area (TPSA) is 37.3 Å². The molecule has 1 radical (unpaired) electrons. The molecule has 0 unspecified atom stereocenters. The zero-order valence-corrected chi connectivity index (χ0v) is 29.3. The van der Waals surface area contributed by atoms with Gasteiger partial charge in [-0.15, -0.1) is 0 Å². The van der Waals surface area contributed by atoms with Crippen LogP contribution in [-0.2, 0) is 18.1 Å². The number of hydrogen-bond acceptors (Lipinski definition) is 1. The Morgan fingerprint density at radius 1 is 0.476 bits per heavy atom. The van der Waals surface area contributed by atoms with E-state index in [9.17, 15) is 4.79 Å². The number of carboxylic acid groups (broad SMARTS) is 1. The van der Waals surface area contributed by atoms with Gasteiger partial charge >= 0.3 is 147 Å². The molecule has 0 bridgehead atoms. The summed E-state index contributed by atoms with van der Waals surface area (Å²) in [6.45, 7) is 2.27. The molecule has 0 heterocycles. The molecule has 0 amide bonds. The van der Waals surface area contributed by atoms with Crippen LogP contribution in [-0.4, -0.2) is 30.8 Å². The van der Waals surface area contributed by atoms with E-state index in [1.807, 2.05) is 0 Å². The molecule has 0 saturated heterocycles. The first-order chi connectivity index (χ1) is 20.7. The molecule has 0 saturated carbocycles. The van der Waals surface area contributed by atoms with Crippen molar-refractivity contribution in [2.45, 2.75) is 123 Å². The fraction of sp³-hybridized carbons (Fsp3) is 0.513. The number of carboxylic acids is 1. The fourth-order valence-corrected chi connectivity index (χ4v) is 13.5. The van der Waals surface area contributed by atoms with Crippen molar-refractivity contribution < 1.29 is 9.90 Å². The summed E-state index contributed by atoms with van der Waals surface area (Å²) in [5, 5.41) is 8.52. The molecule has 42 heavy (non-hydrogen) atoms. The van der Waals surface area contributed by atoms with Gasteiger partial charge in [0.15, 0.2) is 0 Å². The van der Waals surface area contributed by atoms with Crippen molar-refractivity contribution in [3.05, 3.63) is 108 Å². The molecule has 3 heteroatoms. The van der Waals surface area contributed by atoms with Gasteiger partial charge in [-0.2, -0.15) is 0 Å². The van der Waals surface area contributed by atoms with Crippen LogP contribution >= 0.6 is 0 Å². The summed E-state index contributed by atoms with van der Waals surface area (Å²) in [7, 11) is 0. The van der Waals surface area contributed by atoms with Crippen molar-refractivity contribution in [2.24, 2.45) is 0 Å². The predicted molar refractivity (Wildman–Crippen MR) is 183 cm³/mol. The number of aliphatic carboxylic acids is 1. The van der Waals surface area contributed by atoms with Gasteiger partial charge in [0.2, 0.25) is 0 Å². The first-order valence-corrected chi connectivity index (χ1v) is 22.9. The third-order valence-corrected chi connectivity index (χ3v) is 15.7. The number of hydrogen-bond donors (Lipinski definition) is 1. The minimum absolute atomic E-state index is 0.345. The van der Waals surface area contributed by atoms with E-state index in [0.29, 0.717) is 6.42 Å². The van der Waals surface area contributed by atoms with Crippen LogP contribution in [0.25, 0.3) is 0 Å². The van der Waals surface area contributed by atoms with Gasteiger partial charge in [0.1, 0.15) is 0 Å². The van der Waals surface area contributed by atoms with Gasteiger partial charge in [-0.25, -0.2) is 0 Å². The number of carbonyl (C=O) groups is 1. The second-order valence-electron chi connectivity index (χ2n) is 11.8. The van der Waals surface area contributed by atoms with E-state index in [-0.39, 0.29) is 0 Å². The van der Waals surface area contributed by atoms with Gasteiger partial charge in [0.05, 0.1) is 0 Å². The predicted octanol–water partition coefficient (Wildman–Crippen LogP) is 11.2. The average Bonchev–Trinajstić information content (AvgIpc) is 3.01. The second-order valence-corrected chi connectivity index (χ2v) is 19.1. The monoisotopic (exact) mass is 677 g/mol. The molecule has 0 atom stereocenters. The Bertz CT molecular complexity index is 908. The van der Waals surface area contributed by atoms with Crippen molar-refractivity contribution in [3.8, 4) is 0 Å². The van der Waals surface area contributed by atoms with Gasteiger partial charge in [-0.1, -0.05) is 96.8 Å². The molecule has 2 nitrogen and oxygen atoms in total. The van der Waals surface area contributed by atoms with Gasteiger partial charge in [-0.05, 0) is 6.42 Å². The van der Waals surface area contributed by atoms with Gasteiger partial charge < -0.3 is 5.11 Å². The van der Waals surface area contributed by atoms with E-state index >= 15 is 0 Å². The number of benzene rings is 3. The molecular weight excluding hydrogens is 619 g/mol. The summed E-state index contributed by atoms with van der Waals surface area (Å²) in [5.41, 5.74) is 4.55. The molecule has 0 aliphatic rings. The third-order valence-electron chi connectivity index (χ3n) is 7.89. The Hall–Kier alpha value is -2.07. The number of unbranched alkanes of at least 4 members (excludes halogenated alkanes) is 14. The Morgan fingerprint density at radius 3 is 1.05 bits per heavy atom. The van der Waals surface area contributed by atoms with Crippen LogP contribution in [0.1, 0.15) is 126 Å². The molecule has 0 aromatic heterocycles. The van der Waals surface area contributed by atoms with Crippen molar-refractivity contribution >= 4 is 25.7 Å². The van der Waals surface area contributed by atoms with Crippen LogP contribution < -0.4 is 0 Å². The first-order valence-electron chi connectivity index (χ1n) is 16.8. The van der Waals surface area contributed by atoms with Crippen molar-refractivity contribution in [2.75, 3.05) is 0 Å². The standard InChI is InChI=1S/C18H36O2.3C7H7.Sn/c1-2-3-4-5-6-7-8-9-10-11-12-13-14-15-16-17-18(19)20;3*1-7-5-3-2-4-6-7;/h2-17H2,1H3,(H,19,20);3*2-6H,1H2;. The summed E-state index contributed by atoms with van der Waals surface area (Å²) in [6, 6.07) is 33.1. The summed E-state index contributed by atoms with van der Waals surface area (Å²) in [5.74, 6) is -0.653. The fourth-order valence-electron chi connectivity index (χ4n) is 5.49. The van der Waals surface area contributed by atoms with E-state index in [2.05, 4.69) is 97.9 Å². The Kier molecular flexibility index (Phi) is 21.9. The van der Waals surface area contributed by atoms with E-state index in [1.165, 1.54) is 113 Å². The third kappa shape index (κ3) is 19.9. The molecular formula is C39H57O2Sn. The zero-order chi connectivity index (χ0) is 29.9. The van der Waals surface area contributed by atoms with Crippen LogP contribution in [0.15, 0.2) is 91.0 Å². The van der Waals surface area contributed by atoms with Crippen LogP contribution in [0.3, 0.4) is 0 Å². The van der Waals surface area contributed by atoms with E-state index in [0.717, 1.165) is 12.8 Å². The minimum atomic E-state index is -1.56. The zero-order valence-electron chi connectivity index (χ0n) is 26.5. The summed E-state index contributed by atoms with van der Waals surface area (Å²) in [6.07, 6.45) is 20.2. The number of rotatable bonds is 22. The molecule has 0 aliphatic carbocycles. The van der Waals surface area contributed by atoms with E-state index in [1.54, 1.807) is 0 Å². The van der Waals surface area contributed by atoms with Gasteiger partial charge in [0.25, 0.3) is 0 Å². The van der Waals surface area contributed by atoms with Crippen LogP contribution in [0.5, 0.6) is 0 Å². The van der Waals surface area contributed by atoms with Crippen molar-refractivity contribution in [1.29, 1.82) is 0 Å². The second kappa shape index (κ2) is 25.4. The molecule has 3 aromatic carbocycles. The Labute approximate surface area is 265 Å². The molecule has 0 fully saturated rings. The normalized spacial score (nSPS) is 10.8. The molecule has 229 valence electrons. The first kappa shape index (κ1) is 36.1. The maximum atomic E-state index is 10.3. The molecule has 3 rings (SSSR count). The van der Waals surface area contributed by atoms with E-state index < -0.39 is 25.7 Å². The quantitative estimate of drug-likeness (QED) is 0.0850. The summed E-state index contributed by atoms with van der Waals surface area (Å²) in [4.78, 5) is 10.3. The van der Waals surface area contributed by atoms with Crippen LogP contribution in [0, 0.1) is 0 Å². The SMILES string of the molecule is CCCCCCCCCCCCCCCCCC(=O)O.c1ccc([CH2][Sn]([CH2]c2ccccc2)[CH2]c2ccccc2)cc1. The van der Waals surface area contributed by atoms with Crippen molar-refractivity contribution in [1.82, 2.24) is 0 Å². The summed E-state index contributed by atoms with van der Waals surface area (Å²) < 4.78 is 3.98. The molecule has 0 spiro atoms. The Morgan fingerprint density at radius 2 is 0.762 bits per heavy atom. The Balaban J connectivity index is 0.000000296. The molecule has 0 aliphatic heterocycles. The maximum absolute atomic E-state index is 10.3. The van der Waals surface area contributed by atoms with Crippen molar-refractivity contribution in [3.63, 3.8) is 0 Å². The van der Waals surface area contributed by atoms with E-state index in [4.69, 9.17) is 5.11 Å². The molecule has 3 aromatic rings. The average molecular weight is 677 g/mol. The van der Waals surface area contributed by atoms with Crippen LogP contribution in [0.2, 0.25) is 0 Å². The van der Waals surface area contributed by atoms with Gasteiger partial charge in [-0.3, -0.25) is 4.79 Å².